The minimum absolute atomic E-state index is 0.0488. The number of anilines is 2. The van der Waals surface area contributed by atoms with Crippen molar-refractivity contribution in [3.8, 4) is 0 Å². The number of carbonyl (C=O) groups is 1. The van der Waals surface area contributed by atoms with Gasteiger partial charge in [-0.15, -0.1) is 0 Å². The van der Waals surface area contributed by atoms with Crippen LogP contribution in [0.3, 0.4) is 0 Å². The Morgan fingerprint density at radius 3 is 2.53 bits per heavy atom. The second-order valence-corrected chi connectivity index (χ2v) is 3.63. The van der Waals surface area contributed by atoms with Gasteiger partial charge >= 0.3 is 5.97 Å². The summed E-state index contributed by atoms with van der Waals surface area (Å²) in [4.78, 5) is 14.5. The van der Waals surface area contributed by atoms with Crippen molar-refractivity contribution in [3.63, 3.8) is 0 Å². The summed E-state index contributed by atoms with van der Waals surface area (Å²) in [6.45, 7) is 0. The third-order valence-corrected chi connectivity index (χ3v) is 2.26. The minimum Gasteiger partial charge on any atom is -0.481 e. The van der Waals surface area contributed by atoms with Crippen LogP contribution in [0.25, 0.3) is 0 Å². The van der Waals surface area contributed by atoms with Gasteiger partial charge in [-0.2, -0.15) is 0 Å². The zero-order valence-corrected chi connectivity index (χ0v) is 9.13. The van der Waals surface area contributed by atoms with E-state index >= 15 is 0 Å². The van der Waals surface area contributed by atoms with Gasteiger partial charge in [-0.25, -0.2) is 0 Å². The summed E-state index contributed by atoms with van der Waals surface area (Å²) in [6, 6.07) is 11.1. The summed E-state index contributed by atoms with van der Waals surface area (Å²) in [5, 5.41) is 11.8. The number of benzene rings is 1. The average molecular weight is 228 g/mol. The van der Waals surface area contributed by atoms with Crippen molar-refractivity contribution in [1.29, 1.82) is 0 Å². The molecule has 86 valence electrons. The maximum Gasteiger partial charge on any atom is 0.307 e. The molecular formula is C13H12N2O2. The van der Waals surface area contributed by atoms with Crippen LogP contribution in [0.15, 0.2) is 48.8 Å². The van der Waals surface area contributed by atoms with Crippen molar-refractivity contribution in [1.82, 2.24) is 4.98 Å². The Morgan fingerprint density at radius 2 is 1.94 bits per heavy atom. The number of aromatic nitrogens is 1. The second kappa shape index (κ2) is 5.12. The largest absolute Gasteiger partial charge is 0.481 e. The second-order valence-electron chi connectivity index (χ2n) is 3.63. The number of rotatable bonds is 4. The molecule has 0 fully saturated rings. The number of aliphatic carboxylic acids is 1. The Labute approximate surface area is 98.9 Å². The van der Waals surface area contributed by atoms with Crippen LogP contribution in [0.4, 0.5) is 11.4 Å². The third-order valence-electron chi connectivity index (χ3n) is 2.26. The van der Waals surface area contributed by atoms with Crippen molar-refractivity contribution < 1.29 is 9.90 Å². The molecule has 0 amide bonds. The molecule has 0 saturated heterocycles. The van der Waals surface area contributed by atoms with Crippen LogP contribution < -0.4 is 5.32 Å². The van der Waals surface area contributed by atoms with Crippen LogP contribution in [0.1, 0.15) is 5.56 Å². The van der Waals surface area contributed by atoms with Crippen LogP contribution in [-0.2, 0) is 11.2 Å². The molecule has 0 aliphatic heterocycles. The quantitative estimate of drug-likeness (QED) is 0.843. The van der Waals surface area contributed by atoms with Crippen molar-refractivity contribution in [2.75, 3.05) is 5.32 Å². The topological polar surface area (TPSA) is 62.2 Å². The van der Waals surface area contributed by atoms with E-state index < -0.39 is 5.97 Å². The number of carboxylic acid groups (broad SMARTS) is 1. The van der Waals surface area contributed by atoms with E-state index in [2.05, 4.69) is 10.3 Å². The van der Waals surface area contributed by atoms with Gasteiger partial charge in [-0.05, 0) is 29.8 Å². The fourth-order valence-electron chi connectivity index (χ4n) is 1.48. The standard InChI is InChI=1S/C13H12N2O2/c16-13(17)8-10-3-5-11(6-4-10)15-12-2-1-7-14-9-12/h1-7,9,15H,8H2,(H,16,17). The van der Waals surface area contributed by atoms with Crippen LogP contribution >= 0.6 is 0 Å². The number of hydrogen-bond donors (Lipinski definition) is 2. The maximum atomic E-state index is 10.5. The third kappa shape index (κ3) is 3.31. The summed E-state index contributed by atoms with van der Waals surface area (Å²) in [5.41, 5.74) is 2.60. The van der Waals surface area contributed by atoms with Crippen molar-refractivity contribution in [2.45, 2.75) is 6.42 Å². The molecule has 2 N–H and O–H groups in total. The smallest absolute Gasteiger partial charge is 0.307 e. The molecule has 1 aromatic heterocycles. The van der Waals surface area contributed by atoms with Gasteiger partial charge in [0.15, 0.2) is 0 Å². The van der Waals surface area contributed by atoms with E-state index in [1.54, 1.807) is 24.5 Å². The van der Waals surface area contributed by atoms with Gasteiger partial charge in [-0.1, -0.05) is 12.1 Å². The Hall–Kier alpha value is -2.36. The molecule has 0 spiro atoms. The van der Waals surface area contributed by atoms with Crippen LogP contribution in [-0.4, -0.2) is 16.1 Å². The van der Waals surface area contributed by atoms with Crippen molar-refractivity contribution in [2.24, 2.45) is 0 Å². The number of nitrogens with one attached hydrogen (secondary N) is 1. The van der Waals surface area contributed by atoms with E-state index in [0.29, 0.717) is 0 Å². The predicted molar refractivity (Wildman–Crippen MR) is 65.3 cm³/mol. The van der Waals surface area contributed by atoms with E-state index in [4.69, 9.17) is 5.11 Å². The van der Waals surface area contributed by atoms with Crippen molar-refractivity contribution >= 4 is 17.3 Å². The first-order chi connectivity index (χ1) is 8.24. The zero-order chi connectivity index (χ0) is 12.1. The fourth-order valence-corrected chi connectivity index (χ4v) is 1.48. The highest BCUT2D eigenvalue weighted by atomic mass is 16.4. The number of nitrogens with zero attached hydrogens (tertiary/aromatic N) is 1. The molecule has 0 aliphatic carbocycles. The van der Waals surface area contributed by atoms with E-state index in [9.17, 15) is 4.79 Å². The number of pyridine rings is 1. The molecule has 0 atom stereocenters. The van der Waals surface area contributed by atoms with Gasteiger partial charge in [0.2, 0.25) is 0 Å². The van der Waals surface area contributed by atoms with E-state index in [0.717, 1.165) is 16.9 Å². The van der Waals surface area contributed by atoms with Gasteiger partial charge in [0.05, 0.1) is 18.3 Å². The van der Waals surface area contributed by atoms with Gasteiger partial charge in [0, 0.05) is 11.9 Å². The average Bonchev–Trinajstić information content (AvgIpc) is 2.32. The normalized spacial score (nSPS) is 9.88. The first-order valence-electron chi connectivity index (χ1n) is 5.22. The van der Waals surface area contributed by atoms with Gasteiger partial charge in [0.1, 0.15) is 0 Å². The fraction of sp³-hybridized carbons (Fsp3) is 0.0769. The SMILES string of the molecule is O=C(O)Cc1ccc(Nc2cccnc2)cc1. The van der Waals surface area contributed by atoms with Crippen LogP contribution in [0.2, 0.25) is 0 Å². The molecule has 4 nitrogen and oxygen atoms in total. The lowest BCUT2D eigenvalue weighted by molar-refractivity contribution is -0.136. The van der Waals surface area contributed by atoms with E-state index in [1.807, 2.05) is 24.3 Å². The lowest BCUT2D eigenvalue weighted by Gasteiger charge is -2.06. The maximum absolute atomic E-state index is 10.5. The Kier molecular flexibility index (Phi) is 3.35. The number of carboxylic acids is 1. The molecular weight excluding hydrogens is 216 g/mol. The van der Waals surface area contributed by atoms with Gasteiger partial charge in [0.25, 0.3) is 0 Å². The molecule has 1 heterocycles. The van der Waals surface area contributed by atoms with Gasteiger partial charge < -0.3 is 10.4 Å². The Bertz CT molecular complexity index is 495. The highest BCUT2D eigenvalue weighted by Crippen LogP contribution is 2.15. The van der Waals surface area contributed by atoms with Crippen molar-refractivity contribution in [3.05, 3.63) is 54.4 Å². The molecule has 0 unspecified atom stereocenters. The molecule has 1 aromatic carbocycles. The first-order valence-corrected chi connectivity index (χ1v) is 5.22. The molecule has 0 bridgehead atoms. The van der Waals surface area contributed by atoms with E-state index in [1.165, 1.54) is 0 Å². The molecule has 0 radical (unpaired) electrons. The summed E-state index contributed by atoms with van der Waals surface area (Å²) < 4.78 is 0. The van der Waals surface area contributed by atoms with Crippen LogP contribution in [0.5, 0.6) is 0 Å². The summed E-state index contributed by atoms with van der Waals surface area (Å²) in [5.74, 6) is -0.821. The first kappa shape index (κ1) is 11.1. The summed E-state index contributed by atoms with van der Waals surface area (Å²) >= 11 is 0. The highest BCUT2D eigenvalue weighted by molar-refractivity contribution is 5.70. The Balaban J connectivity index is 2.06. The van der Waals surface area contributed by atoms with E-state index in [-0.39, 0.29) is 6.42 Å². The molecule has 17 heavy (non-hydrogen) atoms. The summed E-state index contributed by atoms with van der Waals surface area (Å²) in [7, 11) is 0. The summed E-state index contributed by atoms with van der Waals surface area (Å²) in [6.07, 6.45) is 3.49. The molecule has 2 aromatic rings. The lowest BCUT2D eigenvalue weighted by atomic mass is 10.1. The van der Waals surface area contributed by atoms with Gasteiger partial charge in [-0.3, -0.25) is 9.78 Å². The molecule has 0 saturated carbocycles. The highest BCUT2D eigenvalue weighted by Gasteiger charge is 2.00. The predicted octanol–water partition coefficient (Wildman–Crippen LogP) is 2.45. The Morgan fingerprint density at radius 1 is 1.18 bits per heavy atom. The molecule has 0 aliphatic rings. The number of hydrogen-bond acceptors (Lipinski definition) is 3. The molecule has 4 heteroatoms. The minimum atomic E-state index is -0.821. The lowest BCUT2D eigenvalue weighted by Crippen LogP contribution is -1.99. The zero-order valence-electron chi connectivity index (χ0n) is 9.13. The molecule has 2 rings (SSSR count). The monoisotopic (exact) mass is 228 g/mol. The van der Waals surface area contributed by atoms with Crippen LogP contribution in [0, 0.1) is 0 Å².